The lowest BCUT2D eigenvalue weighted by Gasteiger charge is -2.37. The van der Waals surface area contributed by atoms with Crippen LogP contribution in [0.2, 0.25) is 0 Å². The van der Waals surface area contributed by atoms with Gasteiger partial charge in [-0.2, -0.15) is 0 Å². The highest BCUT2D eigenvalue weighted by Crippen LogP contribution is 2.22. The van der Waals surface area contributed by atoms with Crippen molar-refractivity contribution in [3.05, 3.63) is 35.9 Å². The van der Waals surface area contributed by atoms with Gasteiger partial charge in [0.25, 0.3) is 0 Å². The summed E-state index contributed by atoms with van der Waals surface area (Å²) in [6, 6.07) is 10.1. The summed E-state index contributed by atoms with van der Waals surface area (Å²) in [4.78, 5) is 14.3. The van der Waals surface area contributed by atoms with Crippen molar-refractivity contribution in [3.63, 3.8) is 0 Å². The average Bonchev–Trinajstić information content (AvgIpc) is 2.53. The van der Waals surface area contributed by atoms with E-state index in [-0.39, 0.29) is 11.3 Å². The van der Waals surface area contributed by atoms with E-state index in [2.05, 4.69) is 5.32 Å². The van der Waals surface area contributed by atoms with Gasteiger partial charge in [0.05, 0.1) is 5.60 Å². The Labute approximate surface area is 139 Å². The third-order valence-corrected chi connectivity index (χ3v) is 4.55. The molecule has 4 heteroatoms. The van der Waals surface area contributed by atoms with Crippen LogP contribution >= 0.6 is 0 Å². The van der Waals surface area contributed by atoms with Crippen LogP contribution in [0.5, 0.6) is 0 Å². The molecule has 1 unspecified atom stereocenters. The topological polar surface area (TPSA) is 52.6 Å². The van der Waals surface area contributed by atoms with Crippen molar-refractivity contribution in [1.29, 1.82) is 0 Å². The van der Waals surface area contributed by atoms with Gasteiger partial charge in [-0.05, 0) is 25.3 Å². The van der Waals surface area contributed by atoms with Crippen LogP contribution in [0.15, 0.2) is 30.3 Å². The number of rotatable bonds is 4. The molecule has 4 nitrogen and oxygen atoms in total. The summed E-state index contributed by atoms with van der Waals surface area (Å²) < 4.78 is 0. The zero-order valence-corrected chi connectivity index (χ0v) is 14.8. The van der Waals surface area contributed by atoms with Gasteiger partial charge in [-0.1, -0.05) is 51.1 Å². The lowest BCUT2D eigenvalue weighted by Crippen LogP contribution is -2.50. The van der Waals surface area contributed by atoms with Gasteiger partial charge in [-0.15, -0.1) is 0 Å². The molecule has 1 fully saturated rings. The first-order valence-corrected chi connectivity index (χ1v) is 8.51. The van der Waals surface area contributed by atoms with E-state index in [0.29, 0.717) is 12.6 Å². The van der Waals surface area contributed by atoms with Crippen molar-refractivity contribution in [2.24, 2.45) is 5.41 Å². The number of benzene rings is 1. The van der Waals surface area contributed by atoms with Crippen LogP contribution in [-0.4, -0.2) is 41.6 Å². The summed E-state index contributed by atoms with van der Waals surface area (Å²) in [5, 5.41) is 14.1. The van der Waals surface area contributed by atoms with E-state index < -0.39 is 5.60 Å². The van der Waals surface area contributed by atoms with Gasteiger partial charge in [0.15, 0.2) is 0 Å². The number of carbonyl (C=O) groups excluding carboxylic acids is 1. The quantitative estimate of drug-likeness (QED) is 0.897. The summed E-state index contributed by atoms with van der Waals surface area (Å²) >= 11 is 0. The van der Waals surface area contributed by atoms with E-state index in [1.54, 1.807) is 0 Å². The Hall–Kier alpha value is -1.39. The second-order valence-electron chi connectivity index (χ2n) is 7.84. The highest BCUT2D eigenvalue weighted by Gasteiger charge is 2.31. The van der Waals surface area contributed by atoms with E-state index in [9.17, 15) is 9.90 Å². The van der Waals surface area contributed by atoms with Gasteiger partial charge in [-0.25, -0.2) is 0 Å². The van der Waals surface area contributed by atoms with Crippen LogP contribution in [0.4, 0.5) is 0 Å². The van der Waals surface area contributed by atoms with E-state index in [0.717, 1.165) is 31.5 Å². The third kappa shape index (κ3) is 4.79. The van der Waals surface area contributed by atoms with Gasteiger partial charge in [0.2, 0.25) is 5.91 Å². The van der Waals surface area contributed by atoms with Gasteiger partial charge >= 0.3 is 0 Å². The molecule has 1 aromatic rings. The smallest absolute Gasteiger partial charge is 0.227 e. The largest absolute Gasteiger partial charge is 0.384 e. The number of hydrogen-bond donors (Lipinski definition) is 2. The standard InChI is InChI=1S/C19H30N2O2/c1-18(2,3)17(22)21-12-10-16(11-13-21)20-14-19(4,23)15-8-6-5-7-9-15/h5-9,16,20,23H,10-14H2,1-4H3. The van der Waals surface area contributed by atoms with Gasteiger partial charge in [0, 0.05) is 31.1 Å². The molecule has 1 atom stereocenters. The maximum atomic E-state index is 12.3. The van der Waals surface area contributed by atoms with Crippen LogP contribution in [0.3, 0.4) is 0 Å². The molecule has 1 aliphatic heterocycles. The molecule has 128 valence electrons. The number of nitrogens with zero attached hydrogens (tertiary/aromatic N) is 1. The van der Waals surface area contributed by atoms with Crippen molar-refractivity contribution in [3.8, 4) is 0 Å². The molecular formula is C19H30N2O2. The van der Waals surface area contributed by atoms with Crippen LogP contribution in [0.1, 0.15) is 46.1 Å². The molecule has 1 amide bonds. The summed E-state index contributed by atoms with van der Waals surface area (Å²) in [6.45, 7) is 9.86. The molecule has 0 aliphatic carbocycles. The van der Waals surface area contributed by atoms with Gasteiger partial charge in [-0.3, -0.25) is 4.79 Å². The zero-order valence-electron chi connectivity index (χ0n) is 14.8. The average molecular weight is 318 g/mol. The Kier molecular flexibility index (Phi) is 5.48. The van der Waals surface area contributed by atoms with Crippen molar-refractivity contribution in [2.75, 3.05) is 19.6 Å². The second kappa shape index (κ2) is 7.02. The minimum Gasteiger partial charge on any atom is -0.384 e. The fraction of sp³-hybridized carbons (Fsp3) is 0.632. The second-order valence-corrected chi connectivity index (χ2v) is 7.84. The lowest BCUT2D eigenvalue weighted by molar-refractivity contribution is -0.140. The molecule has 1 aliphatic rings. The molecule has 1 heterocycles. The number of hydrogen-bond acceptors (Lipinski definition) is 3. The van der Waals surface area contributed by atoms with Crippen molar-refractivity contribution in [1.82, 2.24) is 10.2 Å². The number of piperidine rings is 1. The first-order valence-electron chi connectivity index (χ1n) is 8.51. The number of amides is 1. The predicted molar refractivity (Wildman–Crippen MR) is 93.1 cm³/mol. The Morgan fingerprint density at radius 3 is 2.26 bits per heavy atom. The monoisotopic (exact) mass is 318 g/mol. The van der Waals surface area contributed by atoms with Crippen LogP contribution < -0.4 is 5.32 Å². The van der Waals surface area contributed by atoms with E-state index in [1.165, 1.54) is 0 Å². The highest BCUT2D eigenvalue weighted by molar-refractivity contribution is 5.81. The molecule has 0 spiro atoms. The Balaban J connectivity index is 1.82. The minimum atomic E-state index is -0.875. The van der Waals surface area contributed by atoms with E-state index in [4.69, 9.17) is 0 Å². The maximum absolute atomic E-state index is 12.3. The molecule has 1 aromatic carbocycles. The van der Waals surface area contributed by atoms with Crippen LogP contribution in [0, 0.1) is 5.41 Å². The summed E-state index contributed by atoms with van der Waals surface area (Å²) in [7, 11) is 0. The Morgan fingerprint density at radius 1 is 1.17 bits per heavy atom. The molecular weight excluding hydrogens is 288 g/mol. The molecule has 2 rings (SSSR count). The molecule has 0 saturated carbocycles. The molecule has 0 radical (unpaired) electrons. The number of carbonyl (C=O) groups is 1. The van der Waals surface area contributed by atoms with Crippen LogP contribution in [0.25, 0.3) is 0 Å². The number of aliphatic hydroxyl groups is 1. The van der Waals surface area contributed by atoms with E-state index in [1.807, 2.05) is 62.9 Å². The highest BCUT2D eigenvalue weighted by atomic mass is 16.3. The Bertz CT molecular complexity index is 512. The fourth-order valence-electron chi connectivity index (χ4n) is 3.00. The Morgan fingerprint density at radius 2 is 1.74 bits per heavy atom. The predicted octanol–water partition coefficient (Wildman–Crippen LogP) is 2.52. The molecule has 0 bridgehead atoms. The summed E-state index contributed by atoms with van der Waals surface area (Å²) in [5.41, 5.74) is -0.260. The van der Waals surface area contributed by atoms with Crippen molar-refractivity contribution < 1.29 is 9.90 Å². The first-order chi connectivity index (χ1) is 10.7. The van der Waals surface area contributed by atoms with Crippen LogP contribution in [-0.2, 0) is 10.4 Å². The summed E-state index contributed by atoms with van der Waals surface area (Å²) in [5.74, 6) is 0.229. The maximum Gasteiger partial charge on any atom is 0.227 e. The van der Waals surface area contributed by atoms with Gasteiger partial charge < -0.3 is 15.3 Å². The van der Waals surface area contributed by atoms with Crippen molar-refractivity contribution in [2.45, 2.75) is 52.2 Å². The lowest BCUT2D eigenvalue weighted by atomic mass is 9.92. The molecule has 0 aromatic heterocycles. The zero-order chi connectivity index (χ0) is 17.1. The number of nitrogens with one attached hydrogen (secondary N) is 1. The van der Waals surface area contributed by atoms with E-state index >= 15 is 0 Å². The molecule has 1 saturated heterocycles. The molecule has 2 N–H and O–H groups in total. The minimum absolute atomic E-state index is 0.229. The number of likely N-dealkylation sites (tertiary alicyclic amines) is 1. The van der Waals surface area contributed by atoms with Gasteiger partial charge in [0.1, 0.15) is 0 Å². The fourth-order valence-corrected chi connectivity index (χ4v) is 3.00. The first kappa shape index (κ1) is 18.0. The molecule has 23 heavy (non-hydrogen) atoms. The SMILES string of the molecule is CC(C)(C)C(=O)N1CCC(NCC(C)(O)c2ccccc2)CC1. The normalized spacial score (nSPS) is 19.4. The summed E-state index contributed by atoms with van der Waals surface area (Å²) in [6.07, 6.45) is 1.87. The van der Waals surface area contributed by atoms with Crippen molar-refractivity contribution >= 4 is 5.91 Å². The third-order valence-electron chi connectivity index (χ3n) is 4.55.